The van der Waals surface area contributed by atoms with E-state index < -0.39 is 26.0 Å². The highest BCUT2D eigenvalue weighted by Crippen LogP contribution is 2.29. The monoisotopic (exact) mass is 376 g/mol. The lowest BCUT2D eigenvalue weighted by Gasteiger charge is -2.34. The molecule has 1 atom stereocenters. The number of hydrogen-bond donors (Lipinski definition) is 0. The van der Waals surface area contributed by atoms with Crippen molar-refractivity contribution in [3.05, 3.63) is 33.9 Å². The van der Waals surface area contributed by atoms with Crippen LogP contribution in [0.4, 0.5) is 5.69 Å². The van der Waals surface area contributed by atoms with Crippen molar-refractivity contribution in [3.63, 3.8) is 0 Å². The smallest absolute Gasteiger partial charge is 0.282 e. The normalized spacial score (nSPS) is 18.7. The number of amides is 1. The molecule has 1 fully saturated rings. The van der Waals surface area contributed by atoms with E-state index in [2.05, 4.69) is 0 Å². The van der Waals surface area contributed by atoms with Crippen LogP contribution in [0.5, 0.6) is 0 Å². The van der Waals surface area contributed by atoms with Crippen molar-refractivity contribution in [2.75, 3.05) is 30.6 Å². The zero-order valence-corrected chi connectivity index (χ0v) is 15.0. The lowest BCUT2D eigenvalue weighted by molar-refractivity contribution is -0.385. The molecular weight excluding hydrogens is 360 g/mol. The van der Waals surface area contributed by atoms with Gasteiger partial charge in [0, 0.05) is 35.3 Å². The molecule has 1 aromatic carbocycles. The number of carbonyl (C=O) groups is 1. The molecule has 1 amide bonds. The summed E-state index contributed by atoms with van der Waals surface area (Å²) in [5.74, 6) is 0.275. The molecule has 7 nitrogen and oxygen atoms in total. The highest BCUT2D eigenvalue weighted by Gasteiger charge is 2.36. The first-order valence-corrected chi connectivity index (χ1v) is 11.0. The number of carbonyl (C=O) groups excluding carboxylic acids is 1. The number of hydrogen-bond acceptors (Lipinski definition) is 7. The van der Waals surface area contributed by atoms with Gasteiger partial charge in [-0.15, -0.1) is 11.8 Å². The highest BCUT2D eigenvalue weighted by molar-refractivity contribution is 8.00. The summed E-state index contributed by atoms with van der Waals surface area (Å²) in [5, 5.41) is 10.2. The van der Waals surface area contributed by atoms with Gasteiger partial charge in [-0.05, 0) is 18.4 Å². The van der Waals surface area contributed by atoms with Gasteiger partial charge in [-0.25, -0.2) is 8.42 Å². The lowest BCUT2D eigenvalue weighted by atomic mass is 10.1. The van der Waals surface area contributed by atoms with Gasteiger partial charge >= 0.3 is 0 Å². The average Bonchev–Trinajstić information content (AvgIpc) is 2.52. The number of rotatable bonds is 4. The van der Waals surface area contributed by atoms with Crippen LogP contribution >= 0.6 is 23.5 Å². The van der Waals surface area contributed by atoms with E-state index in [1.165, 1.54) is 40.6 Å². The van der Waals surface area contributed by atoms with Gasteiger partial charge in [-0.1, -0.05) is 0 Å². The largest absolute Gasteiger partial charge is 0.320 e. The third-order valence-electron chi connectivity index (χ3n) is 3.47. The minimum atomic E-state index is -3.47. The Hall–Kier alpha value is -1.26. The van der Waals surface area contributed by atoms with E-state index in [1.807, 2.05) is 0 Å². The van der Waals surface area contributed by atoms with Crippen LogP contribution in [-0.4, -0.2) is 60.1 Å². The molecule has 1 aliphatic rings. The third-order valence-corrected chi connectivity index (χ3v) is 6.84. The maximum absolute atomic E-state index is 12.8. The molecule has 2 rings (SSSR count). The van der Waals surface area contributed by atoms with Crippen LogP contribution in [0.3, 0.4) is 0 Å². The van der Waals surface area contributed by atoms with E-state index in [9.17, 15) is 23.3 Å². The molecule has 23 heavy (non-hydrogen) atoms. The van der Waals surface area contributed by atoms with Crippen molar-refractivity contribution < 1.29 is 18.1 Å². The quantitative estimate of drug-likeness (QED) is 0.449. The molecule has 0 unspecified atom stereocenters. The molecule has 0 N–H and O–H groups in total. The van der Waals surface area contributed by atoms with Gasteiger partial charge in [0.2, 0.25) is 0 Å². The van der Waals surface area contributed by atoms with E-state index in [0.717, 1.165) is 6.26 Å². The molecule has 0 radical (unpaired) electrons. The molecule has 0 spiro atoms. The molecular formula is C13H16N2O5S3. The van der Waals surface area contributed by atoms with Gasteiger partial charge in [-0.2, -0.15) is 11.8 Å². The van der Waals surface area contributed by atoms with E-state index in [1.54, 1.807) is 12.3 Å². The first-order valence-electron chi connectivity index (χ1n) is 6.65. The van der Waals surface area contributed by atoms with E-state index >= 15 is 0 Å². The number of nitrogens with zero attached hydrogens (tertiary/aromatic N) is 2. The fraction of sp³-hybridized carbons (Fsp3) is 0.462. The van der Waals surface area contributed by atoms with Crippen LogP contribution in [0.25, 0.3) is 0 Å². The molecule has 1 aliphatic heterocycles. The van der Waals surface area contributed by atoms with E-state index in [-0.39, 0.29) is 23.5 Å². The molecule has 0 aliphatic carbocycles. The van der Waals surface area contributed by atoms with Crippen LogP contribution in [0.2, 0.25) is 0 Å². The lowest BCUT2D eigenvalue weighted by Crippen LogP contribution is -2.50. The second-order valence-corrected chi connectivity index (χ2v) is 9.23. The number of nitro groups is 1. The predicted molar refractivity (Wildman–Crippen MR) is 91.9 cm³/mol. The summed E-state index contributed by atoms with van der Waals surface area (Å²) in [6, 6.07) is 4.30. The Kier molecular flexibility index (Phi) is 5.58. The van der Waals surface area contributed by atoms with Crippen molar-refractivity contribution in [2.45, 2.75) is 10.3 Å². The standard InChI is InChI=1S/C13H16N2O5S3/c1-21-9-3-4-11(15(17)18)10(7-9)13(16)14-5-6-22-8-12(14)23(2,19)20/h3-4,7,12H,5-6,8H2,1-2H3/t12-/m1/s1. The summed E-state index contributed by atoms with van der Waals surface area (Å²) in [6.45, 7) is 0.252. The molecule has 126 valence electrons. The SMILES string of the molecule is CSc1ccc([N+](=O)[O-])c(C(=O)N2CCSC[C@H]2S(C)(=O)=O)c1. The fourth-order valence-corrected chi connectivity index (χ4v) is 5.55. The Morgan fingerprint density at radius 3 is 2.74 bits per heavy atom. The van der Waals surface area contributed by atoms with Crippen molar-refractivity contribution in [2.24, 2.45) is 0 Å². The van der Waals surface area contributed by atoms with Crippen molar-refractivity contribution >= 4 is 45.0 Å². The summed E-state index contributed by atoms with van der Waals surface area (Å²) in [6.07, 6.45) is 2.88. The third kappa shape index (κ3) is 3.99. The van der Waals surface area contributed by atoms with E-state index in [0.29, 0.717) is 10.6 Å². The Labute approximate surface area is 142 Å². The second kappa shape index (κ2) is 7.10. The van der Waals surface area contributed by atoms with Crippen molar-refractivity contribution in [1.82, 2.24) is 4.90 Å². The van der Waals surface area contributed by atoms with Crippen LogP contribution in [0.15, 0.2) is 23.1 Å². The molecule has 1 saturated heterocycles. The maximum atomic E-state index is 12.8. The average molecular weight is 376 g/mol. The first-order chi connectivity index (χ1) is 10.8. The van der Waals surface area contributed by atoms with Gasteiger partial charge in [0.25, 0.3) is 11.6 Å². The predicted octanol–water partition coefficient (Wildman–Crippen LogP) is 1.88. The second-order valence-electron chi connectivity index (χ2n) is 5.00. The van der Waals surface area contributed by atoms with Crippen LogP contribution in [-0.2, 0) is 9.84 Å². The molecule has 0 aromatic heterocycles. The maximum Gasteiger partial charge on any atom is 0.282 e. The van der Waals surface area contributed by atoms with Crippen LogP contribution < -0.4 is 0 Å². The first kappa shape index (κ1) is 18.1. The molecule has 10 heteroatoms. The van der Waals surface area contributed by atoms with Gasteiger partial charge < -0.3 is 4.90 Å². The van der Waals surface area contributed by atoms with Gasteiger partial charge in [0.15, 0.2) is 9.84 Å². The van der Waals surface area contributed by atoms with Gasteiger partial charge in [-0.3, -0.25) is 14.9 Å². The summed E-state index contributed by atoms with van der Waals surface area (Å²) in [5.41, 5.74) is -0.374. The van der Waals surface area contributed by atoms with Crippen molar-refractivity contribution in [1.29, 1.82) is 0 Å². The molecule has 0 bridgehead atoms. The Morgan fingerprint density at radius 1 is 1.48 bits per heavy atom. The van der Waals surface area contributed by atoms with Gasteiger partial charge in [0.1, 0.15) is 10.9 Å². The zero-order chi connectivity index (χ0) is 17.2. The summed E-state index contributed by atoms with van der Waals surface area (Å²) >= 11 is 2.81. The van der Waals surface area contributed by atoms with Crippen LogP contribution in [0.1, 0.15) is 10.4 Å². The van der Waals surface area contributed by atoms with E-state index in [4.69, 9.17) is 0 Å². The summed E-state index contributed by atoms with van der Waals surface area (Å²) < 4.78 is 23.9. The minimum absolute atomic E-state index is 0.0672. The highest BCUT2D eigenvalue weighted by atomic mass is 32.2. The zero-order valence-electron chi connectivity index (χ0n) is 12.6. The summed E-state index contributed by atoms with van der Waals surface area (Å²) in [4.78, 5) is 25.3. The Bertz CT molecular complexity index is 735. The van der Waals surface area contributed by atoms with Gasteiger partial charge in [0.05, 0.1) is 4.92 Å². The molecule has 0 saturated carbocycles. The molecule has 1 aromatic rings. The number of benzene rings is 1. The Balaban J connectivity index is 2.47. The van der Waals surface area contributed by atoms with Crippen molar-refractivity contribution in [3.8, 4) is 0 Å². The van der Waals surface area contributed by atoms with Crippen LogP contribution in [0, 0.1) is 10.1 Å². The number of sulfone groups is 1. The fourth-order valence-electron chi connectivity index (χ4n) is 2.30. The topological polar surface area (TPSA) is 97.6 Å². The minimum Gasteiger partial charge on any atom is -0.320 e. The Morgan fingerprint density at radius 2 is 2.17 bits per heavy atom. The number of thioether (sulfide) groups is 2. The summed E-state index contributed by atoms with van der Waals surface area (Å²) in [7, 11) is -3.47. The number of nitro benzene ring substituents is 1. The molecule has 1 heterocycles.